The Morgan fingerprint density at radius 1 is 1.38 bits per heavy atom. The van der Waals surface area contributed by atoms with Crippen LogP contribution in [0.1, 0.15) is 6.42 Å². The molecule has 1 aliphatic heterocycles. The molecule has 2 amide bonds. The number of carbonyl (C=O) groups excluding carboxylic acids is 2. The van der Waals surface area contributed by atoms with Crippen molar-refractivity contribution in [1.82, 2.24) is 10.9 Å². The van der Waals surface area contributed by atoms with Gasteiger partial charge in [-0.25, -0.2) is 0 Å². The molecule has 8 heavy (non-hydrogen) atoms. The fourth-order valence-corrected chi connectivity index (χ4v) is 0.375. The van der Waals surface area contributed by atoms with Gasteiger partial charge in [0.25, 0.3) is 0 Å². The SMILES string of the molecule is O=C1[C]CC(=O)NN1. The number of hydrogen-bond acceptors (Lipinski definition) is 2. The summed E-state index contributed by atoms with van der Waals surface area (Å²) in [5.41, 5.74) is 4.21. The first-order valence-corrected chi connectivity index (χ1v) is 2.12. The summed E-state index contributed by atoms with van der Waals surface area (Å²) in [5.74, 6) is -0.603. The van der Waals surface area contributed by atoms with E-state index in [-0.39, 0.29) is 18.2 Å². The molecule has 4 nitrogen and oxygen atoms in total. The molecule has 1 fully saturated rings. The lowest BCUT2D eigenvalue weighted by Crippen LogP contribution is -2.46. The van der Waals surface area contributed by atoms with Gasteiger partial charge < -0.3 is 0 Å². The van der Waals surface area contributed by atoms with Crippen LogP contribution in [0.5, 0.6) is 0 Å². The van der Waals surface area contributed by atoms with Gasteiger partial charge in [-0.05, 0) is 0 Å². The summed E-state index contributed by atoms with van der Waals surface area (Å²) in [6.07, 6.45) is 2.33. The zero-order valence-electron chi connectivity index (χ0n) is 4.02. The van der Waals surface area contributed by atoms with E-state index in [1.807, 2.05) is 0 Å². The van der Waals surface area contributed by atoms with Crippen LogP contribution in [0.15, 0.2) is 0 Å². The van der Waals surface area contributed by atoms with Crippen molar-refractivity contribution in [1.29, 1.82) is 0 Å². The van der Waals surface area contributed by atoms with Crippen molar-refractivity contribution in [3.63, 3.8) is 0 Å². The van der Waals surface area contributed by atoms with Crippen LogP contribution in [0.25, 0.3) is 0 Å². The molecule has 4 heteroatoms. The minimum atomic E-state index is -0.371. The second-order valence-electron chi connectivity index (χ2n) is 1.36. The summed E-state index contributed by atoms with van der Waals surface area (Å²) in [6.45, 7) is 0. The van der Waals surface area contributed by atoms with Gasteiger partial charge >= 0.3 is 0 Å². The Morgan fingerprint density at radius 3 is 2.50 bits per heavy atom. The molecule has 0 unspecified atom stereocenters. The first kappa shape index (κ1) is 5.08. The van der Waals surface area contributed by atoms with Crippen molar-refractivity contribution in [2.75, 3.05) is 0 Å². The van der Waals surface area contributed by atoms with E-state index in [0.717, 1.165) is 0 Å². The second kappa shape index (κ2) is 1.81. The highest BCUT2D eigenvalue weighted by Crippen LogP contribution is 1.89. The largest absolute Gasteiger partial charge is 0.273 e. The van der Waals surface area contributed by atoms with Crippen LogP contribution in [-0.4, -0.2) is 11.8 Å². The van der Waals surface area contributed by atoms with Crippen molar-refractivity contribution in [2.45, 2.75) is 6.42 Å². The Hall–Kier alpha value is -1.06. The average molecular weight is 112 g/mol. The van der Waals surface area contributed by atoms with Gasteiger partial charge in [-0.1, -0.05) is 0 Å². The zero-order chi connectivity index (χ0) is 5.98. The minimum absolute atomic E-state index is 0.0613. The summed E-state index contributed by atoms with van der Waals surface area (Å²) >= 11 is 0. The van der Waals surface area contributed by atoms with E-state index in [4.69, 9.17) is 0 Å². The topological polar surface area (TPSA) is 58.2 Å². The Morgan fingerprint density at radius 2 is 2.12 bits per heavy atom. The molecule has 0 atom stereocenters. The molecule has 1 saturated heterocycles. The summed E-state index contributed by atoms with van der Waals surface area (Å²) in [5, 5.41) is 0. The molecular weight excluding hydrogens is 108 g/mol. The van der Waals surface area contributed by atoms with Gasteiger partial charge in [0.2, 0.25) is 11.8 Å². The highest BCUT2D eigenvalue weighted by atomic mass is 16.2. The molecule has 0 saturated carbocycles. The van der Waals surface area contributed by atoms with Crippen LogP contribution in [0.3, 0.4) is 0 Å². The molecule has 0 aromatic carbocycles. The molecular formula is C4H4N2O2. The third kappa shape index (κ3) is 0.959. The Labute approximate surface area is 46.2 Å². The summed E-state index contributed by atoms with van der Waals surface area (Å²) < 4.78 is 0. The Bertz CT molecular complexity index is 104. The fourth-order valence-electron chi connectivity index (χ4n) is 0.375. The van der Waals surface area contributed by atoms with Crippen LogP contribution in [0, 0.1) is 6.42 Å². The molecule has 1 rings (SSSR count). The normalized spacial score (nSPS) is 19.5. The van der Waals surface area contributed by atoms with Gasteiger partial charge in [-0.3, -0.25) is 20.4 Å². The first-order chi connectivity index (χ1) is 3.79. The molecule has 0 aromatic rings. The molecule has 2 N–H and O–H groups in total. The van der Waals surface area contributed by atoms with Gasteiger partial charge in [-0.2, -0.15) is 0 Å². The van der Waals surface area contributed by atoms with Gasteiger partial charge in [0, 0.05) is 6.42 Å². The van der Waals surface area contributed by atoms with Gasteiger partial charge in [-0.15, -0.1) is 0 Å². The lowest BCUT2D eigenvalue weighted by Gasteiger charge is -2.10. The van der Waals surface area contributed by atoms with Crippen molar-refractivity contribution >= 4 is 11.8 Å². The van der Waals surface area contributed by atoms with E-state index in [2.05, 4.69) is 17.3 Å². The predicted octanol–water partition coefficient (Wildman–Crippen LogP) is -1.38. The van der Waals surface area contributed by atoms with Crippen molar-refractivity contribution in [3.8, 4) is 0 Å². The highest BCUT2D eigenvalue weighted by Gasteiger charge is 2.13. The quantitative estimate of drug-likeness (QED) is 0.405. The first-order valence-electron chi connectivity index (χ1n) is 2.12. The van der Waals surface area contributed by atoms with E-state index >= 15 is 0 Å². The number of amides is 2. The molecule has 0 aliphatic carbocycles. The van der Waals surface area contributed by atoms with Crippen LogP contribution in [0.2, 0.25) is 0 Å². The molecule has 1 heterocycles. The number of hydrogen-bond donors (Lipinski definition) is 2. The number of rotatable bonds is 0. The summed E-state index contributed by atoms with van der Waals surface area (Å²) in [4.78, 5) is 20.4. The van der Waals surface area contributed by atoms with Gasteiger partial charge in [0.05, 0.1) is 6.42 Å². The lowest BCUT2D eigenvalue weighted by molar-refractivity contribution is -0.130. The van der Waals surface area contributed by atoms with Crippen molar-refractivity contribution in [2.24, 2.45) is 0 Å². The van der Waals surface area contributed by atoms with Gasteiger partial charge in [0.15, 0.2) is 0 Å². The minimum Gasteiger partial charge on any atom is -0.273 e. The van der Waals surface area contributed by atoms with E-state index in [1.165, 1.54) is 0 Å². The number of nitrogens with one attached hydrogen (secondary N) is 2. The summed E-state index contributed by atoms with van der Waals surface area (Å²) in [6, 6.07) is 0. The van der Waals surface area contributed by atoms with Crippen LogP contribution in [0.4, 0.5) is 0 Å². The monoisotopic (exact) mass is 112 g/mol. The third-order valence-electron chi connectivity index (χ3n) is 0.725. The van der Waals surface area contributed by atoms with Gasteiger partial charge in [0.1, 0.15) is 0 Å². The molecule has 0 spiro atoms. The third-order valence-corrected chi connectivity index (χ3v) is 0.725. The zero-order valence-corrected chi connectivity index (χ0v) is 4.02. The smallest absolute Gasteiger partial charge is 0.247 e. The number of hydrazine groups is 1. The molecule has 0 aromatic heterocycles. The van der Waals surface area contributed by atoms with Crippen LogP contribution >= 0.6 is 0 Å². The average Bonchev–Trinajstić information content (AvgIpc) is 1.77. The maximum atomic E-state index is 10.2. The fraction of sp³-hybridized carbons (Fsp3) is 0.250. The van der Waals surface area contributed by atoms with Crippen LogP contribution in [-0.2, 0) is 9.59 Å². The van der Waals surface area contributed by atoms with Crippen molar-refractivity contribution < 1.29 is 9.59 Å². The predicted molar refractivity (Wildman–Crippen MR) is 24.1 cm³/mol. The van der Waals surface area contributed by atoms with Crippen molar-refractivity contribution in [3.05, 3.63) is 6.42 Å². The maximum absolute atomic E-state index is 10.2. The molecule has 2 radical (unpaired) electrons. The number of carbonyl (C=O) groups is 2. The standard InChI is InChI=1S/C4H4N2O2/c7-3-1-2-4(8)6-5-3/h1H2,(H,5,7)(H,6,8). The Kier molecular flexibility index (Phi) is 1.15. The molecule has 42 valence electrons. The highest BCUT2D eigenvalue weighted by molar-refractivity contribution is 5.95. The second-order valence-corrected chi connectivity index (χ2v) is 1.36. The summed E-state index contributed by atoms with van der Waals surface area (Å²) in [7, 11) is 0. The van der Waals surface area contributed by atoms with E-state index in [9.17, 15) is 9.59 Å². The maximum Gasteiger partial charge on any atom is 0.247 e. The molecule has 0 bridgehead atoms. The van der Waals surface area contributed by atoms with E-state index in [1.54, 1.807) is 0 Å². The Balaban J connectivity index is 2.40. The lowest BCUT2D eigenvalue weighted by atomic mass is 10.2. The van der Waals surface area contributed by atoms with E-state index in [0.29, 0.717) is 0 Å². The molecule has 1 aliphatic rings. The van der Waals surface area contributed by atoms with Crippen LogP contribution < -0.4 is 10.9 Å². The van der Waals surface area contributed by atoms with E-state index < -0.39 is 0 Å².